The second kappa shape index (κ2) is 5.96. The molecule has 0 fully saturated rings. The van der Waals surface area contributed by atoms with E-state index in [2.05, 4.69) is 15.2 Å². The molecular weight excluding hydrogens is 296 g/mol. The molecule has 0 radical (unpaired) electrons. The van der Waals surface area contributed by atoms with Gasteiger partial charge in [-0.25, -0.2) is 4.98 Å². The van der Waals surface area contributed by atoms with E-state index in [1.165, 1.54) is 0 Å². The smallest absolute Gasteiger partial charge is 0.182 e. The highest BCUT2D eigenvalue weighted by Crippen LogP contribution is 2.33. The van der Waals surface area contributed by atoms with Gasteiger partial charge in [-0.2, -0.15) is 0 Å². The molecule has 7 heteroatoms. The Balaban J connectivity index is 2.04. The topological polar surface area (TPSA) is 80.7 Å². The van der Waals surface area contributed by atoms with Gasteiger partial charge in [0.05, 0.1) is 19.9 Å². The lowest BCUT2D eigenvalue weighted by atomic mass is 10.3. The summed E-state index contributed by atoms with van der Waals surface area (Å²) in [6.07, 6.45) is 1.77. The number of azo groups is 1. The zero-order valence-electron chi connectivity index (χ0n) is 13.0. The number of hydrogen-bond donors (Lipinski definition) is 1. The molecule has 0 amide bonds. The van der Waals surface area contributed by atoms with Crippen LogP contribution in [0.1, 0.15) is 5.69 Å². The van der Waals surface area contributed by atoms with Crippen molar-refractivity contribution in [1.82, 2.24) is 9.38 Å². The van der Waals surface area contributed by atoms with Crippen LogP contribution in [0.2, 0.25) is 0 Å². The first-order valence-electron chi connectivity index (χ1n) is 6.94. The van der Waals surface area contributed by atoms with E-state index in [9.17, 15) is 5.11 Å². The lowest BCUT2D eigenvalue weighted by Gasteiger charge is -2.06. The van der Waals surface area contributed by atoms with E-state index in [-0.39, 0.29) is 5.75 Å². The molecule has 0 spiro atoms. The number of aromatic nitrogens is 2. The first-order valence-corrected chi connectivity index (χ1v) is 6.94. The van der Waals surface area contributed by atoms with Gasteiger partial charge in [0.2, 0.25) is 0 Å². The van der Waals surface area contributed by atoms with Crippen molar-refractivity contribution in [2.75, 3.05) is 14.2 Å². The van der Waals surface area contributed by atoms with Crippen molar-refractivity contribution in [1.29, 1.82) is 0 Å². The number of nitrogens with zero attached hydrogens (tertiary/aromatic N) is 4. The van der Waals surface area contributed by atoms with Crippen molar-refractivity contribution in [3.8, 4) is 17.2 Å². The van der Waals surface area contributed by atoms with Gasteiger partial charge in [-0.1, -0.05) is 0 Å². The number of rotatable bonds is 4. The maximum Gasteiger partial charge on any atom is 0.182 e. The predicted molar refractivity (Wildman–Crippen MR) is 85.3 cm³/mol. The molecule has 23 heavy (non-hydrogen) atoms. The van der Waals surface area contributed by atoms with Gasteiger partial charge in [0, 0.05) is 12.3 Å². The Bertz CT molecular complexity index is 886. The quantitative estimate of drug-likeness (QED) is 0.743. The normalized spacial score (nSPS) is 11.3. The van der Waals surface area contributed by atoms with Crippen LogP contribution in [0.4, 0.5) is 11.5 Å². The van der Waals surface area contributed by atoms with Crippen LogP contribution < -0.4 is 9.47 Å². The summed E-state index contributed by atoms with van der Waals surface area (Å²) >= 11 is 0. The summed E-state index contributed by atoms with van der Waals surface area (Å²) in [5, 5.41) is 18.3. The van der Waals surface area contributed by atoms with Crippen LogP contribution in [0.5, 0.6) is 17.2 Å². The summed E-state index contributed by atoms with van der Waals surface area (Å²) in [7, 11) is 3.15. The first kappa shape index (κ1) is 14.8. The van der Waals surface area contributed by atoms with Gasteiger partial charge >= 0.3 is 0 Å². The molecule has 3 rings (SSSR count). The molecule has 0 saturated heterocycles. The van der Waals surface area contributed by atoms with E-state index in [0.29, 0.717) is 34.3 Å². The maximum absolute atomic E-state index is 9.84. The second-order valence-electron chi connectivity index (χ2n) is 4.85. The Labute approximate surface area is 132 Å². The molecular formula is C16H16N4O3. The summed E-state index contributed by atoms with van der Waals surface area (Å²) in [4.78, 5) is 4.30. The number of hydrogen-bond acceptors (Lipinski definition) is 6. The molecule has 1 aromatic carbocycles. The fourth-order valence-electron chi connectivity index (χ4n) is 2.24. The van der Waals surface area contributed by atoms with E-state index < -0.39 is 0 Å². The van der Waals surface area contributed by atoms with Crippen LogP contribution in [0.15, 0.2) is 46.8 Å². The summed E-state index contributed by atoms with van der Waals surface area (Å²) in [6, 6.07) is 8.58. The molecule has 2 heterocycles. The Morgan fingerprint density at radius 3 is 2.70 bits per heavy atom. The molecule has 1 N–H and O–H groups in total. The van der Waals surface area contributed by atoms with Crippen molar-refractivity contribution >= 4 is 17.2 Å². The van der Waals surface area contributed by atoms with Crippen molar-refractivity contribution in [3.63, 3.8) is 0 Å². The average Bonchev–Trinajstić information content (AvgIpc) is 2.90. The molecule has 3 aromatic rings. The van der Waals surface area contributed by atoms with Gasteiger partial charge in [0.25, 0.3) is 0 Å². The Hall–Kier alpha value is -3.09. The van der Waals surface area contributed by atoms with Crippen LogP contribution >= 0.6 is 0 Å². The van der Waals surface area contributed by atoms with E-state index in [1.54, 1.807) is 55.1 Å². The second-order valence-corrected chi connectivity index (χ2v) is 4.85. The molecule has 118 valence electrons. The molecule has 0 bridgehead atoms. The van der Waals surface area contributed by atoms with Crippen LogP contribution in [-0.2, 0) is 0 Å². The van der Waals surface area contributed by atoms with E-state index in [0.717, 1.165) is 0 Å². The Morgan fingerprint density at radius 1 is 1.13 bits per heavy atom. The lowest BCUT2D eigenvalue weighted by Crippen LogP contribution is -1.87. The van der Waals surface area contributed by atoms with E-state index in [1.807, 2.05) is 6.92 Å². The highest BCUT2D eigenvalue weighted by molar-refractivity contribution is 5.60. The fourth-order valence-corrected chi connectivity index (χ4v) is 2.24. The summed E-state index contributed by atoms with van der Waals surface area (Å²) < 4.78 is 12.1. The number of benzene rings is 1. The molecule has 0 unspecified atom stereocenters. The number of pyridine rings is 1. The Kier molecular flexibility index (Phi) is 3.84. The van der Waals surface area contributed by atoms with E-state index in [4.69, 9.17) is 9.47 Å². The zero-order valence-corrected chi connectivity index (χ0v) is 13.0. The average molecular weight is 312 g/mol. The monoisotopic (exact) mass is 312 g/mol. The number of imidazole rings is 1. The third-order valence-electron chi connectivity index (χ3n) is 3.41. The molecule has 0 aliphatic rings. The Morgan fingerprint density at radius 2 is 1.96 bits per heavy atom. The zero-order chi connectivity index (χ0) is 16.4. The van der Waals surface area contributed by atoms with Crippen LogP contribution in [-0.4, -0.2) is 28.7 Å². The molecule has 0 saturated carbocycles. The van der Waals surface area contributed by atoms with Gasteiger partial charge < -0.3 is 14.6 Å². The summed E-state index contributed by atoms with van der Waals surface area (Å²) in [5.74, 6) is 1.88. The highest BCUT2D eigenvalue weighted by atomic mass is 16.5. The third-order valence-corrected chi connectivity index (χ3v) is 3.41. The number of aryl methyl sites for hydroxylation is 1. The maximum atomic E-state index is 9.84. The largest absolute Gasteiger partial charge is 0.504 e. The van der Waals surface area contributed by atoms with Gasteiger partial charge in [0.15, 0.2) is 17.2 Å². The van der Waals surface area contributed by atoms with Gasteiger partial charge in [-0.3, -0.25) is 4.40 Å². The summed E-state index contributed by atoms with van der Waals surface area (Å²) in [5.41, 5.74) is 1.69. The number of aromatic hydroxyl groups is 1. The molecule has 7 nitrogen and oxygen atoms in total. The SMILES string of the molecule is COc1ccc(N=Nc2c(C)nc3c(O)cccn23)c(OC)c1. The molecule has 2 aromatic heterocycles. The number of fused-ring (bicyclic) bond motifs is 1. The predicted octanol–water partition coefficient (Wildman–Crippen LogP) is 3.78. The number of methoxy groups -OCH3 is 2. The van der Waals surface area contributed by atoms with Crippen molar-refractivity contribution in [2.45, 2.75) is 6.92 Å². The molecule has 0 atom stereocenters. The van der Waals surface area contributed by atoms with Crippen LogP contribution in [0, 0.1) is 6.92 Å². The number of ether oxygens (including phenoxy) is 2. The van der Waals surface area contributed by atoms with Crippen LogP contribution in [0.25, 0.3) is 5.65 Å². The van der Waals surface area contributed by atoms with Gasteiger partial charge in [-0.05, 0) is 31.2 Å². The fraction of sp³-hybridized carbons (Fsp3) is 0.188. The van der Waals surface area contributed by atoms with Crippen LogP contribution in [0.3, 0.4) is 0 Å². The van der Waals surface area contributed by atoms with Crippen molar-refractivity contribution < 1.29 is 14.6 Å². The third kappa shape index (κ3) is 2.68. The van der Waals surface area contributed by atoms with E-state index >= 15 is 0 Å². The first-order chi connectivity index (χ1) is 11.1. The van der Waals surface area contributed by atoms with Crippen molar-refractivity contribution in [2.24, 2.45) is 10.2 Å². The van der Waals surface area contributed by atoms with Gasteiger partial charge in [-0.15, -0.1) is 10.2 Å². The van der Waals surface area contributed by atoms with Crippen molar-refractivity contribution in [3.05, 3.63) is 42.2 Å². The highest BCUT2D eigenvalue weighted by Gasteiger charge is 2.11. The lowest BCUT2D eigenvalue weighted by molar-refractivity contribution is 0.395. The van der Waals surface area contributed by atoms with Gasteiger partial charge in [0.1, 0.15) is 17.2 Å². The minimum atomic E-state index is 0.0964. The summed E-state index contributed by atoms with van der Waals surface area (Å²) in [6.45, 7) is 1.81. The molecule has 0 aliphatic carbocycles. The minimum absolute atomic E-state index is 0.0964. The minimum Gasteiger partial charge on any atom is -0.504 e. The molecule has 0 aliphatic heterocycles. The standard InChI is InChI=1S/C16H16N4O3/c1-10-15(20-8-4-5-13(21)16(20)17-10)19-18-12-7-6-11(22-2)9-14(12)23-3/h4-9,21H,1-3H3.